The van der Waals surface area contributed by atoms with Crippen molar-refractivity contribution in [2.75, 3.05) is 86.4 Å². The van der Waals surface area contributed by atoms with E-state index in [1.807, 2.05) is 45.0 Å². The largest absolute Gasteiger partial charge is 0.491 e. The third kappa shape index (κ3) is 18.1. The van der Waals surface area contributed by atoms with E-state index >= 15 is 0 Å². The van der Waals surface area contributed by atoms with E-state index in [9.17, 15) is 47.3 Å². The Balaban J connectivity index is 0.935. The number of nitro benzene ring substituents is 1. The molecule has 1 saturated heterocycles. The number of likely N-dealkylation sites (N-methyl/N-ethyl adjacent to an activating group) is 2. The number of nitrogens with zero attached hydrogens (tertiary/aromatic N) is 6. The van der Waals surface area contributed by atoms with Crippen LogP contribution < -0.4 is 20.7 Å². The highest BCUT2D eigenvalue weighted by Gasteiger charge is 2.40. The molecule has 2 aromatic rings. The van der Waals surface area contributed by atoms with Crippen LogP contribution in [0.2, 0.25) is 0 Å². The number of alkyl carbamates (subject to hydrolysis) is 1. The number of likely N-dealkylation sites (tertiary alicyclic amines) is 1. The fraction of sp³-hybridized carbons (Fsp3) is 0.623. The van der Waals surface area contributed by atoms with E-state index in [-0.39, 0.29) is 124 Å². The first kappa shape index (κ1) is 61.5. The molecule has 2 aliphatic heterocycles. The second-order valence-corrected chi connectivity index (χ2v) is 22.2. The molecule has 2 aromatic carbocycles. The average molecular weight is 1100 g/mol. The van der Waals surface area contributed by atoms with Gasteiger partial charge < -0.3 is 39.8 Å². The summed E-state index contributed by atoms with van der Waals surface area (Å²) >= 11 is 0. The van der Waals surface area contributed by atoms with Crippen molar-refractivity contribution in [3.05, 3.63) is 63.7 Å². The summed E-state index contributed by atoms with van der Waals surface area (Å²) in [7, 11) is -1.51. The van der Waals surface area contributed by atoms with Crippen LogP contribution in [0, 0.1) is 39.7 Å². The van der Waals surface area contributed by atoms with Gasteiger partial charge in [0.05, 0.1) is 23.8 Å². The van der Waals surface area contributed by atoms with Crippen LogP contribution in [0.1, 0.15) is 108 Å². The zero-order valence-electron chi connectivity index (χ0n) is 45.5. The lowest BCUT2D eigenvalue weighted by atomic mass is 9.74. The molecule has 0 aromatic heterocycles. The maximum Gasteiger partial charge on any atom is 0.407 e. The Hall–Kier alpha value is -6.37. The fourth-order valence-corrected chi connectivity index (χ4v) is 10.6. The van der Waals surface area contributed by atoms with E-state index in [1.54, 1.807) is 20.9 Å². The molecule has 23 nitrogen and oxygen atoms in total. The summed E-state index contributed by atoms with van der Waals surface area (Å²) in [5.41, 5.74) is 1.95. The summed E-state index contributed by atoms with van der Waals surface area (Å²) in [4.78, 5) is 87.8. The monoisotopic (exact) mass is 1100 g/mol. The van der Waals surface area contributed by atoms with Gasteiger partial charge in [-0.25, -0.2) is 13.2 Å². The van der Waals surface area contributed by atoms with Gasteiger partial charge in [0.2, 0.25) is 33.7 Å². The minimum Gasteiger partial charge on any atom is -0.491 e. The third-order valence-corrected chi connectivity index (χ3v) is 15.8. The Bertz CT molecular complexity index is 2560. The molecule has 0 bridgehead atoms. The second kappa shape index (κ2) is 30.0. The van der Waals surface area contributed by atoms with Gasteiger partial charge in [0, 0.05) is 120 Å². The molecule has 2 heterocycles. The topological polar surface area (TPSA) is 287 Å². The van der Waals surface area contributed by atoms with Gasteiger partial charge in [0.25, 0.3) is 11.6 Å². The van der Waals surface area contributed by atoms with E-state index in [2.05, 4.69) is 26.2 Å². The van der Waals surface area contributed by atoms with Gasteiger partial charge in [-0.05, 0) is 99.7 Å². The molecule has 3 N–H and O–H groups in total. The van der Waals surface area contributed by atoms with Crippen LogP contribution in [0.3, 0.4) is 0 Å². The summed E-state index contributed by atoms with van der Waals surface area (Å²) in [5.74, 6) is -1.05. The number of nitro groups is 1. The molecule has 3 aliphatic rings. The van der Waals surface area contributed by atoms with Gasteiger partial charge >= 0.3 is 6.09 Å². The number of benzene rings is 2. The molecule has 77 heavy (non-hydrogen) atoms. The first-order valence-electron chi connectivity index (χ1n) is 26.5. The number of carbonyl (C=O) groups is 6. The smallest absolute Gasteiger partial charge is 0.407 e. The highest BCUT2D eigenvalue weighted by molar-refractivity contribution is 7.89. The molecule has 2 fully saturated rings. The summed E-state index contributed by atoms with van der Waals surface area (Å²) in [6, 6.07) is 10.8. The minimum atomic E-state index is -4.33. The number of nitrogens with one attached hydrogen (secondary N) is 3. The number of sulfonamides is 1. The number of hydrogen-bond acceptors (Lipinski definition) is 16. The quantitative estimate of drug-likeness (QED) is 0.0420. The van der Waals surface area contributed by atoms with Gasteiger partial charge in [-0.15, -0.1) is 0 Å². The van der Waals surface area contributed by atoms with Crippen molar-refractivity contribution < 1.29 is 61.1 Å². The third-order valence-electron chi connectivity index (χ3n) is 13.9. The highest BCUT2D eigenvalue weighted by atomic mass is 32.2. The Labute approximate surface area is 451 Å². The van der Waals surface area contributed by atoms with Crippen LogP contribution in [0.5, 0.6) is 5.75 Å². The van der Waals surface area contributed by atoms with Crippen LogP contribution in [0.25, 0.3) is 0 Å². The number of amides is 6. The lowest BCUT2D eigenvalue weighted by molar-refractivity contribution is -0.387. The van der Waals surface area contributed by atoms with Gasteiger partial charge in [0.1, 0.15) is 18.5 Å². The molecule has 6 amide bonds. The molecule has 5 rings (SSSR count). The minimum absolute atomic E-state index is 0.0665. The fourth-order valence-electron chi connectivity index (χ4n) is 9.33. The predicted molar refractivity (Wildman–Crippen MR) is 286 cm³/mol. The first-order valence-corrected chi connectivity index (χ1v) is 28.0. The van der Waals surface area contributed by atoms with E-state index < -0.39 is 37.5 Å². The molecule has 24 heteroatoms. The molecule has 1 aliphatic carbocycles. The molecular formula is C53H77N9O14S. The lowest BCUT2D eigenvalue weighted by Crippen LogP contribution is -2.39. The average Bonchev–Trinajstić information content (AvgIpc) is 3.69. The number of imide groups is 1. The number of carbonyl (C=O) groups excluding carboxylic acids is 6. The van der Waals surface area contributed by atoms with E-state index in [4.69, 9.17) is 18.9 Å². The maximum atomic E-state index is 13.3. The molecule has 0 radical (unpaired) electrons. The van der Waals surface area contributed by atoms with Crippen LogP contribution in [0.15, 0.2) is 57.6 Å². The SMILES string of the molecule is CC1=NN=C(c2ccc(OCCOCCNC(=O)c3ccc(S(=O)(=O)N(C)CCN(C)C(=O)C(C)C)c([N+](=O)[O-])c3)cc2)C2CCCC(OC(=O)NCCCOCCCNC(=O)CCN3C(=O)CC(C(C)C)C3=O)CCC12. The molecule has 4 atom stereocenters. The highest BCUT2D eigenvalue weighted by Crippen LogP contribution is 2.36. The Morgan fingerprint density at radius 2 is 1.53 bits per heavy atom. The lowest BCUT2D eigenvalue weighted by Gasteiger charge is -2.34. The van der Waals surface area contributed by atoms with Crippen LogP contribution in [-0.2, 0) is 43.4 Å². The second-order valence-electron chi connectivity index (χ2n) is 20.2. The summed E-state index contributed by atoms with van der Waals surface area (Å²) in [6.45, 7) is 11.6. The summed E-state index contributed by atoms with van der Waals surface area (Å²) in [5, 5.41) is 29.3. The number of hydrogen-bond donors (Lipinski definition) is 3. The predicted octanol–water partition coefficient (Wildman–Crippen LogP) is 4.96. The van der Waals surface area contributed by atoms with Crippen molar-refractivity contribution in [3.8, 4) is 5.75 Å². The Kier molecular flexibility index (Phi) is 23.9. The standard InChI is InChI=1S/C53H77N9O14S/c1-35(2)44-34-48(64)61(52(44)67)25-21-47(63)54-22-9-28-73-29-10-23-56-53(68)76-41-11-8-12-43-42(19-18-41)37(5)57-58-49(43)38-13-16-40(17-14-38)75-32-31-74-30-24-55-50(65)39-15-20-46(45(33-39)62(69)70)77(71,72)60(7)27-26-59(6)51(66)36(3)4/h13-17,20,33,35-36,41-44H,8-12,18-19,21-32,34H2,1-7H3,(H,54,63)(H,55,65)(H,56,68). The van der Waals surface area contributed by atoms with Crippen LogP contribution >= 0.6 is 0 Å². The molecule has 424 valence electrons. The van der Waals surface area contributed by atoms with Crippen LogP contribution in [0.4, 0.5) is 10.5 Å². The zero-order valence-corrected chi connectivity index (χ0v) is 46.3. The summed E-state index contributed by atoms with van der Waals surface area (Å²) < 4.78 is 50.5. The van der Waals surface area contributed by atoms with E-state index in [0.717, 1.165) is 59.1 Å². The summed E-state index contributed by atoms with van der Waals surface area (Å²) in [6.07, 6.45) is 4.67. The van der Waals surface area contributed by atoms with Crippen molar-refractivity contribution >= 4 is 62.8 Å². The van der Waals surface area contributed by atoms with Crippen molar-refractivity contribution in [1.29, 1.82) is 0 Å². The Morgan fingerprint density at radius 3 is 2.21 bits per heavy atom. The number of ether oxygens (including phenoxy) is 4. The van der Waals surface area contributed by atoms with Gasteiger partial charge in [-0.1, -0.05) is 27.7 Å². The van der Waals surface area contributed by atoms with Gasteiger partial charge in [-0.3, -0.25) is 39.0 Å². The molecule has 0 spiro atoms. The van der Waals surface area contributed by atoms with E-state index in [0.29, 0.717) is 51.3 Å². The molecule has 4 unspecified atom stereocenters. The Morgan fingerprint density at radius 1 is 0.831 bits per heavy atom. The van der Waals surface area contributed by atoms with E-state index in [1.165, 1.54) is 22.9 Å². The van der Waals surface area contributed by atoms with Gasteiger partial charge in [0.15, 0.2) is 4.90 Å². The van der Waals surface area contributed by atoms with Crippen molar-refractivity contribution in [2.24, 2.45) is 39.8 Å². The van der Waals surface area contributed by atoms with Crippen molar-refractivity contribution in [1.82, 2.24) is 30.1 Å². The maximum absolute atomic E-state index is 13.3. The number of fused-ring (bicyclic) bond motifs is 1. The first-order chi connectivity index (χ1) is 36.7. The van der Waals surface area contributed by atoms with Gasteiger partial charge in [-0.2, -0.15) is 14.5 Å². The van der Waals surface area contributed by atoms with Crippen LogP contribution in [-0.4, -0.2) is 167 Å². The van der Waals surface area contributed by atoms with Crippen molar-refractivity contribution in [3.63, 3.8) is 0 Å². The zero-order chi connectivity index (χ0) is 56.2. The molecule has 1 saturated carbocycles. The van der Waals surface area contributed by atoms with Crippen molar-refractivity contribution in [2.45, 2.75) is 103 Å². The normalized spacial score (nSPS) is 18.8. The number of rotatable bonds is 29. The molecular weight excluding hydrogens is 1020 g/mol.